The Morgan fingerprint density at radius 1 is 1.15 bits per heavy atom. The molecule has 72 valence electrons. The van der Waals surface area contributed by atoms with Gasteiger partial charge in [0.15, 0.2) is 0 Å². The number of aryl methyl sites for hydroxylation is 1. The minimum Gasteiger partial charge on any atom is -0.0858 e. The van der Waals surface area contributed by atoms with Gasteiger partial charge in [-0.25, -0.2) is 0 Å². The molecule has 0 spiro atoms. The first-order valence-corrected chi connectivity index (χ1v) is 6.26. The third-order valence-electron chi connectivity index (χ3n) is 2.30. The van der Waals surface area contributed by atoms with Crippen LogP contribution in [0.2, 0.25) is 0 Å². The fourth-order valence-corrected chi connectivity index (χ4v) is 1.58. The predicted octanol–water partition coefficient (Wildman–Crippen LogP) is 4.08. The number of hydrogen-bond donors (Lipinski definition) is 0. The fraction of sp³-hybridized carbons (Fsp3) is 0.500. The van der Waals surface area contributed by atoms with Gasteiger partial charge in [0.2, 0.25) is 0 Å². The lowest BCUT2D eigenvalue weighted by Crippen LogP contribution is -2.13. The Balaban J connectivity index is 2.44. The van der Waals surface area contributed by atoms with E-state index in [4.69, 9.17) is 0 Å². The van der Waals surface area contributed by atoms with Crippen LogP contribution in [-0.2, 0) is 6.42 Å². The van der Waals surface area contributed by atoms with E-state index in [0.29, 0.717) is 5.41 Å². The number of hydrogen-bond acceptors (Lipinski definition) is 0. The van der Waals surface area contributed by atoms with E-state index in [1.807, 2.05) is 0 Å². The lowest BCUT2D eigenvalue weighted by molar-refractivity contribution is 0.394. The van der Waals surface area contributed by atoms with Crippen LogP contribution in [0.3, 0.4) is 0 Å². The van der Waals surface area contributed by atoms with Crippen molar-refractivity contribution in [1.82, 2.24) is 0 Å². The van der Waals surface area contributed by atoms with Gasteiger partial charge in [-0.15, -0.1) is 0 Å². The van der Waals surface area contributed by atoms with Crippen molar-refractivity contribution in [1.29, 1.82) is 0 Å². The van der Waals surface area contributed by atoms with E-state index in [9.17, 15) is 0 Å². The minimum atomic E-state index is 0.483. The van der Waals surface area contributed by atoms with Crippen molar-refractivity contribution >= 4 is 22.6 Å². The van der Waals surface area contributed by atoms with Crippen LogP contribution < -0.4 is 0 Å². The highest BCUT2D eigenvalue weighted by Gasteiger charge is 2.15. The monoisotopic (exact) mass is 288 g/mol. The second-order valence-electron chi connectivity index (χ2n) is 4.28. The summed E-state index contributed by atoms with van der Waals surface area (Å²) in [5.74, 6) is 0. The first-order chi connectivity index (χ1) is 6.14. The average Bonchev–Trinajstić information content (AvgIpc) is 2.17. The molecule has 0 radical (unpaired) electrons. The Hall–Kier alpha value is -0.0500. The number of alkyl halides is 1. The third kappa shape index (κ3) is 4.12. The lowest BCUT2D eigenvalue weighted by Gasteiger charge is -2.21. The van der Waals surface area contributed by atoms with Crippen molar-refractivity contribution in [2.75, 3.05) is 4.43 Å². The maximum atomic E-state index is 2.47. The highest BCUT2D eigenvalue weighted by atomic mass is 127. The summed E-state index contributed by atoms with van der Waals surface area (Å²) in [5.41, 5.74) is 1.94. The molecule has 1 rings (SSSR count). The summed E-state index contributed by atoms with van der Waals surface area (Å²) in [6, 6.07) is 10.7. The molecule has 13 heavy (non-hydrogen) atoms. The maximum Gasteiger partial charge on any atom is 0.00468 e. The molecule has 1 heteroatoms. The SMILES string of the molecule is CC(C)(CI)CCc1ccccc1. The van der Waals surface area contributed by atoms with Gasteiger partial charge in [-0.2, -0.15) is 0 Å². The molecule has 0 aliphatic rings. The Labute approximate surface area is 94.9 Å². The molecule has 0 saturated heterocycles. The van der Waals surface area contributed by atoms with Crippen LogP contribution in [0.25, 0.3) is 0 Å². The first-order valence-electron chi connectivity index (χ1n) is 4.74. The Bertz CT molecular complexity index is 239. The van der Waals surface area contributed by atoms with Crippen molar-refractivity contribution in [2.45, 2.75) is 26.7 Å². The quantitative estimate of drug-likeness (QED) is 0.578. The second kappa shape index (κ2) is 4.99. The van der Waals surface area contributed by atoms with Crippen LogP contribution >= 0.6 is 22.6 Å². The summed E-state index contributed by atoms with van der Waals surface area (Å²) in [7, 11) is 0. The summed E-state index contributed by atoms with van der Waals surface area (Å²) >= 11 is 2.47. The molecule has 0 fully saturated rings. The van der Waals surface area contributed by atoms with Gasteiger partial charge in [-0.05, 0) is 23.8 Å². The van der Waals surface area contributed by atoms with E-state index in [1.54, 1.807) is 0 Å². The fourth-order valence-electron chi connectivity index (χ4n) is 1.19. The van der Waals surface area contributed by atoms with Gasteiger partial charge in [0.1, 0.15) is 0 Å². The zero-order valence-electron chi connectivity index (χ0n) is 8.39. The third-order valence-corrected chi connectivity index (χ3v) is 4.36. The molecule has 0 amide bonds. The summed E-state index contributed by atoms with van der Waals surface area (Å²) in [6.45, 7) is 4.67. The summed E-state index contributed by atoms with van der Waals surface area (Å²) in [4.78, 5) is 0. The van der Waals surface area contributed by atoms with E-state index in [1.165, 1.54) is 22.8 Å². The standard InChI is InChI=1S/C12H17I/c1-12(2,10-13)9-8-11-6-4-3-5-7-11/h3-7H,8-10H2,1-2H3. The van der Waals surface area contributed by atoms with Gasteiger partial charge >= 0.3 is 0 Å². The highest BCUT2D eigenvalue weighted by Crippen LogP contribution is 2.25. The van der Waals surface area contributed by atoms with Crippen LogP contribution in [-0.4, -0.2) is 4.43 Å². The predicted molar refractivity (Wildman–Crippen MR) is 67.4 cm³/mol. The summed E-state index contributed by atoms with van der Waals surface area (Å²) in [5, 5.41) is 0. The van der Waals surface area contributed by atoms with Crippen molar-refractivity contribution in [3.8, 4) is 0 Å². The molecule has 1 aromatic carbocycles. The zero-order valence-corrected chi connectivity index (χ0v) is 10.5. The minimum absolute atomic E-state index is 0.483. The number of halogens is 1. The molecule has 0 heterocycles. The van der Waals surface area contributed by atoms with Crippen LogP contribution in [0.4, 0.5) is 0 Å². The molecular weight excluding hydrogens is 271 g/mol. The normalized spacial score (nSPS) is 11.6. The molecule has 0 unspecified atom stereocenters. The Morgan fingerprint density at radius 3 is 2.31 bits per heavy atom. The lowest BCUT2D eigenvalue weighted by atomic mass is 9.89. The largest absolute Gasteiger partial charge is 0.0858 e. The number of benzene rings is 1. The van der Waals surface area contributed by atoms with Gasteiger partial charge < -0.3 is 0 Å². The molecule has 0 aliphatic heterocycles. The molecular formula is C12H17I. The van der Waals surface area contributed by atoms with Crippen LogP contribution in [0.1, 0.15) is 25.8 Å². The van der Waals surface area contributed by atoms with Crippen molar-refractivity contribution in [3.63, 3.8) is 0 Å². The van der Waals surface area contributed by atoms with Gasteiger partial charge in [0, 0.05) is 4.43 Å². The smallest absolute Gasteiger partial charge is 0.00468 e. The summed E-state index contributed by atoms with van der Waals surface area (Å²) in [6.07, 6.45) is 2.48. The van der Waals surface area contributed by atoms with Gasteiger partial charge in [-0.1, -0.05) is 66.8 Å². The molecule has 1 aromatic rings. The Morgan fingerprint density at radius 2 is 1.77 bits per heavy atom. The van der Waals surface area contributed by atoms with E-state index in [2.05, 4.69) is 66.8 Å². The van der Waals surface area contributed by atoms with E-state index < -0.39 is 0 Å². The van der Waals surface area contributed by atoms with E-state index in [0.717, 1.165) is 0 Å². The van der Waals surface area contributed by atoms with Crippen LogP contribution in [0.5, 0.6) is 0 Å². The molecule has 0 N–H and O–H groups in total. The summed E-state index contributed by atoms with van der Waals surface area (Å²) < 4.78 is 1.23. The Kier molecular flexibility index (Phi) is 4.23. The van der Waals surface area contributed by atoms with Gasteiger partial charge in [0.05, 0.1) is 0 Å². The number of rotatable bonds is 4. The van der Waals surface area contributed by atoms with E-state index >= 15 is 0 Å². The molecule has 0 nitrogen and oxygen atoms in total. The van der Waals surface area contributed by atoms with E-state index in [-0.39, 0.29) is 0 Å². The molecule has 0 atom stereocenters. The molecule has 0 aromatic heterocycles. The topological polar surface area (TPSA) is 0 Å². The molecule has 0 saturated carbocycles. The van der Waals surface area contributed by atoms with Gasteiger partial charge in [0.25, 0.3) is 0 Å². The highest BCUT2D eigenvalue weighted by molar-refractivity contribution is 14.1. The molecule has 0 aliphatic carbocycles. The molecule has 0 bridgehead atoms. The van der Waals surface area contributed by atoms with Crippen LogP contribution in [0.15, 0.2) is 30.3 Å². The van der Waals surface area contributed by atoms with Crippen molar-refractivity contribution in [2.24, 2.45) is 5.41 Å². The van der Waals surface area contributed by atoms with Crippen molar-refractivity contribution < 1.29 is 0 Å². The zero-order chi connectivity index (χ0) is 9.73. The first kappa shape index (κ1) is 11.0. The van der Waals surface area contributed by atoms with Crippen molar-refractivity contribution in [3.05, 3.63) is 35.9 Å². The maximum absolute atomic E-state index is 2.47. The van der Waals surface area contributed by atoms with Gasteiger partial charge in [-0.3, -0.25) is 0 Å². The second-order valence-corrected chi connectivity index (χ2v) is 5.05. The van der Waals surface area contributed by atoms with Crippen LogP contribution in [0, 0.1) is 5.41 Å². The average molecular weight is 288 g/mol.